The van der Waals surface area contributed by atoms with Gasteiger partial charge >= 0.3 is 5.76 Å². The summed E-state index contributed by atoms with van der Waals surface area (Å²) in [5, 5.41) is 14.8. The number of hydrogen-bond acceptors (Lipinski definition) is 8. The molecule has 2 heterocycles. The van der Waals surface area contributed by atoms with Crippen LogP contribution in [0.2, 0.25) is 0 Å². The standard InChI is InChI=1S/C22H22N4O6S/c1-26-18-9-16(6-7-19(18)32-22(26)28)15-4-2-14(3-5-15)8-17(10-23)25-21(27)20-11-24-12-33(29,30)13-31-20/h2-7,9,17,20,24H,8,11-13H2,1H3,(H,25,27). The van der Waals surface area contributed by atoms with Gasteiger partial charge in [-0.25, -0.2) is 13.2 Å². The van der Waals surface area contributed by atoms with E-state index in [1.807, 2.05) is 36.4 Å². The molecule has 3 aromatic rings. The SMILES string of the molecule is Cn1c(=O)oc2ccc(-c3ccc(CC(C#N)NC(=O)C4CNCS(=O)(=O)CO4)cc3)cc21. The Kier molecular flexibility index (Phi) is 6.33. The van der Waals surface area contributed by atoms with Gasteiger partial charge in [-0.3, -0.25) is 9.36 Å². The van der Waals surface area contributed by atoms with Gasteiger partial charge in [0.2, 0.25) is 0 Å². The first kappa shape index (κ1) is 22.7. The Hall–Kier alpha value is -3.46. The lowest BCUT2D eigenvalue weighted by molar-refractivity contribution is -0.131. The first-order valence-electron chi connectivity index (χ1n) is 10.2. The summed E-state index contributed by atoms with van der Waals surface area (Å²) in [5.74, 6) is -1.76. The highest BCUT2D eigenvalue weighted by atomic mass is 32.2. The number of carbonyl (C=O) groups is 1. The molecule has 2 N–H and O–H groups in total. The van der Waals surface area contributed by atoms with Crippen molar-refractivity contribution in [3.8, 4) is 17.2 Å². The minimum atomic E-state index is -3.41. The zero-order chi connectivity index (χ0) is 23.6. The van der Waals surface area contributed by atoms with Gasteiger partial charge in [-0.1, -0.05) is 30.3 Å². The lowest BCUT2D eigenvalue weighted by atomic mass is 10.0. The summed E-state index contributed by atoms with van der Waals surface area (Å²) in [4.78, 5) is 24.1. The number of carbonyl (C=O) groups excluding carboxylic acids is 1. The molecule has 0 aliphatic carbocycles. The van der Waals surface area contributed by atoms with Gasteiger partial charge in [-0.2, -0.15) is 5.26 Å². The second kappa shape index (κ2) is 9.19. The van der Waals surface area contributed by atoms with E-state index in [2.05, 4.69) is 16.7 Å². The first-order valence-corrected chi connectivity index (χ1v) is 12.0. The van der Waals surface area contributed by atoms with Gasteiger partial charge in [-0.05, 0) is 28.8 Å². The van der Waals surface area contributed by atoms with Gasteiger partial charge in [0, 0.05) is 20.0 Å². The Morgan fingerprint density at radius 2 is 2.00 bits per heavy atom. The van der Waals surface area contributed by atoms with Crippen molar-refractivity contribution in [3.63, 3.8) is 0 Å². The van der Waals surface area contributed by atoms with Crippen LogP contribution in [0.3, 0.4) is 0 Å². The summed E-state index contributed by atoms with van der Waals surface area (Å²) < 4.78 is 34.9. The van der Waals surface area contributed by atoms with Crippen molar-refractivity contribution in [2.45, 2.75) is 18.6 Å². The number of nitriles is 1. The molecule has 172 valence electrons. The Morgan fingerprint density at radius 3 is 2.73 bits per heavy atom. The number of nitrogens with zero attached hydrogens (tertiary/aromatic N) is 2. The molecular weight excluding hydrogens is 448 g/mol. The predicted octanol–water partition coefficient (Wildman–Crippen LogP) is 0.668. The topological polar surface area (TPSA) is 143 Å². The van der Waals surface area contributed by atoms with Gasteiger partial charge < -0.3 is 19.8 Å². The minimum absolute atomic E-state index is 0.0461. The molecule has 0 saturated carbocycles. The van der Waals surface area contributed by atoms with Crippen LogP contribution >= 0.6 is 0 Å². The summed E-state index contributed by atoms with van der Waals surface area (Å²) in [5.41, 5.74) is 3.87. The molecule has 1 aromatic heterocycles. The van der Waals surface area contributed by atoms with E-state index in [0.717, 1.165) is 16.7 Å². The van der Waals surface area contributed by atoms with Crippen LogP contribution in [0.25, 0.3) is 22.2 Å². The highest BCUT2D eigenvalue weighted by Crippen LogP contribution is 2.24. The number of hydrogen-bond donors (Lipinski definition) is 2. The van der Waals surface area contributed by atoms with Crippen LogP contribution in [0.1, 0.15) is 5.56 Å². The van der Waals surface area contributed by atoms with E-state index in [1.54, 1.807) is 13.1 Å². The van der Waals surface area contributed by atoms with E-state index in [-0.39, 0.29) is 18.8 Å². The number of sulfone groups is 1. The van der Waals surface area contributed by atoms with Crippen molar-refractivity contribution in [2.24, 2.45) is 7.05 Å². The lowest BCUT2D eigenvalue weighted by Gasteiger charge is -2.17. The van der Waals surface area contributed by atoms with Crippen LogP contribution in [0, 0.1) is 11.3 Å². The number of ether oxygens (including phenoxy) is 1. The Morgan fingerprint density at radius 1 is 1.27 bits per heavy atom. The second-order valence-electron chi connectivity index (χ2n) is 7.82. The molecule has 1 aliphatic heterocycles. The van der Waals surface area contributed by atoms with Crippen LogP contribution in [0.4, 0.5) is 0 Å². The largest absolute Gasteiger partial charge is 0.419 e. The summed E-state index contributed by atoms with van der Waals surface area (Å²) in [6, 6.07) is 14.3. The molecule has 0 spiro atoms. The molecule has 10 nitrogen and oxygen atoms in total. The number of fused-ring (bicyclic) bond motifs is 1. The molecule has 4 rings (SSSR count). The van der Waals surface area contributed by atoms with E-state index in [0.29, 0.717) is 11.1 Å². The maximum Gasteiger partial charge on any atom is 0.419 e. The second-order valence-corrected chi connectivity index (χ2v) is 9.83. The molecule has 0 radical (unpaired) electrons. The molecule has 2 unspecified atom stereocenters. The highest BCUT2D eigenvalue weighted by Gasteiger charge is 2.27. The summed E-state index contributed by atoms with van der Waals surface area (Å²) in [7, 11) is -1.76. The van der Waals surface area contributed by atoms with Crippen molar-refractivity contribution in [1.29, 1.82) is 5.26 Å². The lowest BCUT2D eigenvalue weighted by Crippen LogP contribution is -2.46. The van der Waals surface area contributed by atoms with Crippen LogP contribution in [0.5, 0.6) is 0 Å². The zero-order valence-corrected chi connectivity index (χ0v) is 18.6. The maximum atomic E-state index is 12.4. The van der Waals surface area contributed by atoms with Crippen molar-refractivity contribution in [1.82, 2.24) is 15.2 Å². The van der Waals surface area contributed by atoms with Crippen LogP contribution < -0.4 is 16.4 Å². The third kappa shape index (κ3) is 5.14. The van der Waals surface area contributed by atoms with Gasteiger partial charge in [0.25, 0.3) is 5.91 Å². The molecule has 1 fully saturated rings. The van der Waals surface area contributed by atoms with Crippen LogP contribution in [0.15, 0.2) is 51.7 Å². The van der Waals surface area contributed by atoms with E-state index in [1.165, 1.54) is 4.57 Å². The number of benzene rings is 2. The molecule has 1 amide bonds. The van der Waals surface area contributed by atoms with Gasteiger partial charge in [0.1, 0.15) is 18.0 Å². The normalized spacial score (nSPS) is 18.8. The predicted molar refractivity (Wildman–Crippen MR) is 120 cm³/mol. The summed E-state index contributed by atoms with van der Waals surface area (Å²) >= 11 is 0. The molecular formula is C22H22N4O6S. The highest BCUT2D eigenvalue weighted by molar-refractivity contribution is 7.91. The average Bonchev–Trinajstić information content (AvgIpc) is 2.95. The van der Waals surface area contributed by atoms with E-state index in [4.69, 9.17) is 9.15 Å². The van der Waals surface area contributed by atoms with Crippen LogP contribution in [-0.4, -0.2) is 49.4 Å². The minimum Gasteiger partial charge on any atom is -0.408 e. The fraction of sp³-hybridized carbons (Fsp3) is 0.318. The third-order valence-corrected chi connectivity index (χ3v) is 6.52. The number of rotatable bonds is 5. The summed E-state index contributed by atoms with van der Waals surface area (Å²) in [6.07, 6.45) is -0.717. The Bertz CT molecular complexity index is 1380. The van der Waals surface area contributed by atoms with Crippen molar-refractivity contribution >= 4 is 26.8 Å². The molecule has 11 heteroatoms. The van der Waals surface area contributed by atoms with Crippen molar-refractivity contribution < 1.29 is 22.4 Å². The molecule has 2 atom stereocenters. The molecule has 1 saturated heterocycles. The average molecular weight is 471 g/mol. The van der Waals surface area contributed by atoms with Gasteiger partial charge in [0.05, 0.1) is 11.6 Å². The monoisotopic (exact) mass is 470 g/mol. The van der Waals surface area contributed by atoms with Crippen molar-refractivity contribution in [2.75, 3.05) is 18.4 Å². The number of amides is 1. The van der Waals surface area contributed by atoms with Crippen molar-refractivity contribution in [3.05, 3.63) is 58.6 Å². The van der Waals surface area contributed by atoms with E-state index in [9.17, 15) is 23.3 Å². The third-order valence-electron chi connectivity index (χ3n) is 5.38. The molecule has 1 aliphatic rings. The number of aryl methyl sites for hydroxylation is 1. The van der Waals surface area contributed by atoms with E-state index >= 15 is 0 Å². The maximum absolute atomic E-state index is 12.4. The zero-order valence-electron chi connectivity index (χ0n) is 17.8. The van der Waals surface area contributed by atoms with Gasteiger partial charge in [-0.15, -0.1) is 0 Å². The Balaban J connectivity index is 1.42. The molecule has 0 bridgehead atoms. The fourth-order valence-corrected chi connectivity index (χ4v) is 4.45. The smallest absolute Gasteiger partial charge is 0.408 e. The van der Waals surface area contributed by atoms with Crippen LogP contribution in [-0.2, 0) is 32.8 Å². The number of aromatic nitrogens is 1. The summed E-state index contributed by atoms with van der Waals surface area (Å²) in [6.45, 7) is 0.0461. The Labute approximate surface area is 189 Å². The van der Waals surface area contributed by atoms with E-state index < -0.39 is 39.6 Å². The molecule has 33 heavy (non-hydrogen) atoms. The molecule has 2 aromatic carbocycles. The fourth-order valence-electron chi connectivity index (χ4n) is 3.57. The number of oxazole rings is 1. The quantitative estimate of drug-likeness (QED) is 0.554. The number of nitrogens with one attached hydrogen (secondary N) is 2. The first-order chi connectivity index (χ1) is 15.8. The van der Waals surface area contributed by atoms with Gasteiger partial charge in [0.15, 0.2) is 21.4 Å².